The summed E-state index contributed by atoms with van der Waals surface area (Å²) in [5.41, 5.74) is -0.704. The molecule has 0 aromatic rings. The van der Waals surface area contributed by atoms with Gasteiger partial charge in [-0.3, -0.25) is 4.79 Å². The van der Waals surface area contributed by atoms with Gasteiger partial charge in [0.2, 0.25) is 5.78 Å². The number of aliphatic hydroxyl groups is 1. The normalized spacial score (nSPS) is 23.0. The summed E-state index contributed by atoms with van der Waals surface area (Å²) in [6.45, 7) is 4.80. The second-order valence-electron chi connectivity index (χ2n) is 3.52. The first-order chi connectivity index (χ1) is 5.90. The minimum atomic E-state index is -0.919. The van der Waals surface area contributed by atoms with Crippen molar-refractivity contribution in [3.63, 3.8) is 0 Å². The van der Waals surface area contributed by atoms with Crippen molar-refractivity contribution in [3.8, 4) is 0 Å². The quantitative estimate of drug-likeness (QED) is 0.686. The Kier molecular flexibility index (Phi) is 2.34. The first-order valence-electron chi connectivity index (χ1n) is 4.10. The largest absolute Gasteiger partial charge is 0.468 e. The van der Waals surface area contributed by atoms with Crippen molar-refractivity contribution in [1.82, 2.24) is 0 Å². The van der Waals surface area contributed by atoms with Gasteiger partial charge in [0.25, 0.3) is 5.95 Å². The maximum Gasteiger partial charge on any atom is 0.289 e. The number of hydrogen-bond acceptors (Lipinski definition) is 4. The van der Waals surface area contributed by atoms with Crippen LogP contribution in [0.25, 0.3) is 0 Å². The Bertz CT molecular complexity index is 263. The average molecular weight is 186 g/mol. The molecule has 0 fully saturated rings. The molecule has 4 heteroatoms. The molecule has 4 nitrogen and oxygen atoms in total. The van der Waals surface area contributed by atoms with Crippen molar-refractivity contribution in [2.75, 3.05) is 7.11 Å². The maximum atomic E-state index is 11.6. The number of ether oxygens (including phenoxy) is 2. The summed E-state index contributed by atoms with van der Waals surface area (Å²) in [4.78, 5) is 11.6. The molecule has 0 aliphatic carbocycles. The van der Waals surface area contributed by atoms with Crippen molar-refractivity contribution in [3.05, 3.63) is 11.5 Å². The summed E-state index contributed by atoms with van der Waals surface area (Å²) < 4.78 is 10.1. The molecule has 74 valence electrons. The van der Waals surface area contributed by atoms with Crippen LogP contribution in [0, 0.1) is 0 Å². The van der Waals surface area contributed by atoms with Gasteiger partial charge in [-0.05, 0) is 20.8 Å². The Morgan fingerprint density at radius 1 is 1.54 bits per heavy atom. The summed E-state index contributed by atoms with van der Waals surface area (Å²) in [5.74, 6) is -0.0932. The van der Waals surface area contributed by atoms with Gasteiger partial charge in [0.1, 0.15) is 5.57 Å². The van der Waals surface area contributed by atoms with Crippen molar-refractivity contribution in [2.24, 2.45) is 0 Å². The van der Waals surface area contributed by atoms with Gasteiger partial charge in [0.15, 0.2) is 5.60 Å². The molecule has 0 saturated heterocycles. The zero-order chi connectivity index (χ0) is 10.2. The van der Waals surface area contributed by atoms with Crippen LogP contribution in [0.5, 0.6) is 0 Å². The van der Waals surface area contributed by atoms with Crippen LogP contribution >= 0.6 is 0 Å². The van der Waals surface area contributed by atoms with E-state index in [1.54, 1.807) is 13.8 Å². The first kappa shape index (κ1) is 10.1. The summed E-state index contributed by atoms with van der Waals surface area (Å²) in [7, 11) is 1.41. The van der Waals surface area contributed by atoms with Crippen molar-refractivity contribution in [2.45, 2.75) is 32.5 Å². The molecule has 0 spiro atoms. The fraction of sp³-hybridized carbons (Fsp3) is 0.667. The third-order valence-corrected chi connectivity index (χ3v) is 1.96. The van der Waals surface area contributed by atoms with Gasteiger partial charge in [-0.15, -0.1) is 0 Å². The molecule has 1 aliphatic rings. The smallest absolute Gasteiger partial charge is 0.289 e. The van der Waals surface area contributed by atoms with Crippen LogP contribution in [-0.2, 0) is 14.3 Å². The Hall–Kier alpha value is -1.03. The Balaban J connectivity index is 3.06. The van der Waals surface area contributed by atoms with Crippen molar-refractivity contribution < 1.29 is 19.4 Å². The highest BCUT2D eigenvalue weighted by Gasteiger charge is 2.44. The van der Waals surface area contributed by atoms with Gasteiger partial charge >= 0.3 is 0 Å². The molecule has 0 amide bonds. The number of methoxy groups -OCH3 is 1. The van der Waals surface area contributed by atoms with Gasteiger partial charge in [-0.1, -0.05) is 0 Å². The first-order valence-corrected chi connectivity index (χ1v) is 4.10. The third kappa shape index (κ3) is 1.54. The number of Topliss-reactive ketones (excluding diaryl/α,β-unsaturated/α-hetero) is 1. The lowest BCUT2D eigenvalue weighted by Gasteiger charge is -2.16. The number of carbonyl (C=O) groups excluding carboxylic acids is 1. The van der Waals surface area contributed by atoms with Gasteiger partial charge in [-0.25, -0.2) is 0 Å². The molecule has 1 unspecified atom stereocenters. The van der Waals surface area contributed by atoms with E-state index in [0.717, 1.165) is 0 Å². The second kappa shape index (κ2) is 3.03. The highest BCUT2D eigenvalue weighted by Crippen LogP contribution is 2.31. The summed E-state index contributed by atoms with van der Waals surface area (Å²) in [5, 5.41) is 9.32. The zero-order valence-corrected chi connectivity index (χ0v) is 8.25. The number of aliphatic hydroxyl groups excluding tert-OH is 1. The SMILES string of the molecule is COC1=C(C(C)O)C(=O)C(C)(C)O1. The van der Waals surface area contributed by atoms with Gasteiger partial charge in [0.05, 0.1) is 13.2 Å². The molecule has 1 aliphatic heterocycles. The van der Waals surface area contributed by atoms with Crippen LogP contribution in [0.1, 0.15) is 20.8 Å². The highest BCUT2D eigenvalue weighted by atomic mass is 16.7. The molecule has 0 saturated carbocycles. The predicted octanol–water partition coefficient (Wildman–Crippen LogP) is 0.603. The van der Waals surface area contributed by atoms with Crippen molar-refractivity contribution >= 4 is 5.78 Å². The van der Waals surface area contributed by atoms with Crippen LogP contribution in [0.2, 0.25) is 0 Å². The summed E-state index contributed by atoms with van der Waals surface area (Å²) in [6, 6.07) is 0. The van der Waals surface area contributed by atoms with E-state index in [-0.39, 0.29) is 17.3 Å². The molecule has 0 radical (unpaired) electrons. The summed E-state index contributed by atoms with van der Waals surface area (Å²) in [6.07, 6.45) is -0.857. The molecular formula is C9H14O4. The topological polar surface area (TPSA) is 55.8 Å². The van der Waals surface area contributed by atoms with E-state index in [0.29, 0.717) is 0 Å². The van der Waals surface area contributed by atoms with E-state index < -0.39 is 11.7 Å². The van der Waals surface area contributed by atoms with Gasteiger partial charge < -0.3 is 14.6 Å². The van der Waals surface area contributed by atoms with Crippen LogP contribution in [0.3, 0.4) is 0 Å². The molecule has 0 aromatic carbocycles. The van der Waals surface area contributed by atoms with E-state index in [1.807, 2.05) is 0 Å². The molecule has 1 N–H and O–H groups in total. The van der Waals surface area contributed by atoms with Gasteiger partial charge in [-0.2, -0.15) is 0 Å². The minimum Gasteiger partial charge on any atom is -0.468 e. The standard InChI is InChI=1S/C9H14O4/c1-5(10)6-7(11)9(2,3)13-8(6)12-4/h5,10H,1-4H3. The van der Waals surface area contributed by atoms with E-state index in [9.17, 15) is 9.90 Å². The van der Waals surface area contributed by atoms with E-state index in [4.69, 9.17) is 9.47 Å². The van der Waals surface area contributed by atoms with E-state index >= 15 is 0 Å². The number of ketones is 1. The predicted molar refractivity (Wildman–Crippen MR) is 45.9 cm³/mol. The lowest BCUT2D eigenvalue weighted by molar-refractivity contribution is -0.130. The number of carbonyl (C=O) groups is 1. The lowest BCUT2D eigenvalue weighted by atomic mass is 9.97. The Morgan fingerprint density at radius 2 is 2.08 bits per heavy atom. The Morgan fingerprint density at radius 3 is 2.38 bits per heavy atom. The zero-order valence-electron chi connectivity index (χ0n) is 8.25. The molecule has 1 atom stereocenters. The number of rotatable bonds is 2. The van der Waals surface area contributed by atoms with E-state index in [1.165, 1.54) is 14.0 Å². The average Bonchev–Trinajstić information content (AvgIpc) is 2.23. The molecule has 0 aromatic heterocycles. The van der Waals surface area contributed by atoms with Crippen LogP contribution in [0.4, 0.5) is 0 Å². The van der Waals surface area contributed by atoms with Crippen LogP contribution in [0.15, 0.2) is 11.5 Å². The Labute approximate surface area is 77.1 Å². The fourth-order valence-electron chi connectivity index (χ4n) is 1.26. The second-order valence-corrected chi connectivity index (χ2v) is 3.52. The number of hydrogen-bond donors (Lipinski definition) is 1. The monoisotopic (exact) mass is 186 g/mol. The minimum absolute atomic E-state index is 0.130. The molecular weight excluding hydrogens is 172 g/mol. The van der Waals surface area contributed by atoms with E-state index in [2.05, 4.69) is 0 Å². The molecule has 1 rings (SSSR count). The highest BCUT2D eigenvalue weighted by molar-refractivity contribution is 6.04. The molecule has 1 heterocycles. The summed E-state index contributed by atoms with van der Waals surface area (Å²) >= 11 is 0. The molecule has 13 heavy (non-hydrogen) atoms. The molecule has 0 bridgehead atoms. The lowest BCUT2D eigenvalue weighted by Crippen LogP contribution is -2.31. The van der Waals surface area contributed by atoms with Crippen LogP contribution in [-0.4, -0.2) is 29.7 Å². The van der Waals surface area contributed by atoms with Crippen LogP contribution < -0.4 is 0 Å². The van der Waals surface area contributed by atoms with Gasteiger partial charge in [0, 0.05) is 0 Å². The fourth-order valence-corrected chi connectivity index (χ4v) is 1.26. The van der Waals surface area contributed by atoms with Crippen molar-refractivity contribution in [1.29, 1.82) is 0 Å². The third-order valence-electron chi connectivity index (χ3n) is 1.96. The maximum absolute atomic E-state index is 11.6.